The average molecular weight is 246 g/mol. The van der Waals surface area contributed by atoms with Gasteiger partial charge in [-0.15, -0.1) is 0 Å². The largest absolute Gasteiger partial charge is 0.481 e. The highest BCUT2D eigenvalue weighted by Crippen LogP contribution is 2.38. The Kier molecular flexibility index (Phi) is 4.40. The topological polar surface area (TPSA) is 37.3 Å². The molecular weight excluding hydrogens is 224 g/mol. The van der Waals surface area contributed by atoms with Crippen molar-refractivity contribution in [2.45, 2.75) is 51.4 Å². The first-order chi connectivity index (χ1) is 8.66. The van der Waals surface area contributed by atoms with E-state index in [1.54, 1.807) is 0 Å². The van der Waals surface area contributed by atoms with Gasteiger partial charge in [-0.1, -0.05) is 24.3 Å². The molecule has 0 radical (unpaired) electrons. The molecule has 0 unspecified atom stereocenters. The van der Waals surface area contributed by atoms with Crippen LogP contribution >= 0.6 is 0 Å². The molecule has 1 aliphatic rings. The van der Waals surface area contributed by atoms with Crippen LogP contribution in [-0.4, -0.2) is 11.1 Å². The van der Waals surface area contributed by atoms with Crippen molar-refractivity contribution >= 4 is 5.97 Å². The van der Waals surface area contributed by atoms with Gasteiger partial charge in [-0.3, -0.25) is 4.79 Å². The van der Waals surface area contributed by atoms with Gasteiger partial charge in [-0.05, 0) is 62.0 Å². The minimum Gasteiger partial charge on any atom is -0.481 e. The molecule has 0 aromatic heterocycles. The Morgan fingerprint density at radius 1 is 1.22 bits per heavy atom. The van der Waals surface area contributed by atoms with E-state index in [4.69, 9.17) is 5.11 Å². The Bertz CT molecular complexity index is 403. The van der Waals surface area contributed by atoms with E-state index in [0.29, 0.717) is 18.3 Å². The molecule has 1 aromatic rings. The van der Waals surface area contributed by atoms with Crippen molar-refractivity contribution in [3.05, 3.63) is 35.4 Å². The van der Waals surface area contributed by atoms with Crippen LogP contribution in [0.15, 0.2) is 24.3 Å². The Hall–Kier alpha value is -1.31. The molecule has 0 atom stereocenters. The highest BCUT2D eigenvalue weighted by molar-refractivity contribution is 5.66. The summed E-state index contributed by atoms with van der Waals surface area (Å²) in [6.07, 6.45) is 6.00. The van der Waals surface area contributed by atoms with Gasteiger partial charge in [0.25, 0.3) is 0 Å². The molecule has 1 aromatic carbocycles. The van der Waals surface area contributed by atoms with Crippen molar-refractivity contribution in [1.82, 2.24) is 0 Å². The number of carbonyl (C=O) groups is 1. The molecule has 0 aliphatic heterocycles. The molecule has 0 heterocycles. The van der Waals surface area contributed by atoms with Crippen molar-refractivity contribution in [2.75, 3.05) is 0 Å². The van der Waals surface area contributed by atoms with E-state index in [1.165, 1.54) is 36.8 Å². The SMILES string of the molecule is Cc1ccccc1C1CCC(CCC(=O)O)CC1. The summed E-state index contributed by atoms with van der Waals surface area (Å²) in [7, 11) is 0. The summed E-state index contributed by atoms with van der Waals surface area (Å²) in [6, 6.07) is 8.65. The molecule has 98 valence electrons. The molecule has 1 fully saturated rings. The minimum atomic E-state index is -0.656. The number of hydrogen-bond donors (Lipinski definition) is 1. The molecule has 1 aliphatic carbocycles. The summed E-state index contributed by atoms with van der Waals surface area (Å²) < 4.78 is 0. The van der Waals surface area contributed by atoms with Crippen LogP contribution in [0.2, 0.25) is 0 Å². The van der Waals surface area contributed by atoms with Crippen LogP contribution in [0.25, 0.3) is 0 Å². The zero-order chi connectivity index (χ0) is 13.0. The normalized spacial score (nSPS) is 23.8. The monoisotopic (exact) mass is 246 g/mol. The third-order valence-corrected chi connectivity index (χ3v) is 4.24. The smallest absolute Gasteiger partial charge is 0.303 e. The molecule has 0 amide bonds. The number of carboxylic acids is 1. The first kappa shape index (κ1) is 13.1. The van der Waals surface area contributed by atoms with Gasteiger partial charge >= 0.3 is 5.97 Å². The maximum atomic E-state index is 10.6. The van der Waals surface area contributed by atoms with Gasteiger partial charge in [0.1, 0.15) is 0 Å². The van der Waals surface area contributed by atoms with E-state index in [-0.39, 0.29) is 0 Å². The van der Waals surface area contributed by atoms with E-state index in [9.17, 15) is 4.79 Å². The Balaban J connectivity index is 1.87. The maximum Gasteiger partial charge on any atom is 0.303 e. The second-order valence-corrected chi connectivity index (χ2v) is 5.51. The fourth-order valence-corrected chi connectivity index (χ4v) is 3.13. The lowest BCUT2D eigenvalue weighted by atomic mass is 9.76. The van der Waals surface area contributed by atoms with Crippen molar-refractivity contribution < 1.29 is 9.90 Å². The summed E-state index contributed by atoms with van der Waals surface area (Å²) in [5, 5.41) is 8.71. The third-order valence-electron chi connectivity index (χ3n) is 4.24. The Labute approximate surface area is 109 Å². The number of benzene rings is 1. The van der Waals surface area contributed by atoms with Gasteiger partial charge in [0.2, 0.25) is 0 Å². The van der Waals surface area contributed by atoms with Gasteiger partial charge in [0.05, 0.1) is 0 Å². The summed E-state index contributed by atoms with van der Waals surface area (Å²) >= 11 is 0. The fraction of sp³-hybridized carbons (Fsp3) is 0.562. The predicted molar refractivity (Wildman–Crippen MR) is 72.7 cm³/mol. The molecule has 1 N–H and O–H groups in total. The van der Waals surface area contributed by atoms with Crippen LogP contribution in [0.3, 0.4) is 0 Å². The highest BCUT2D eigenvalue weighted by Gasteiger charge is 2.23. The number of aryl methyl sites for hydroxylation is 1. The minimum absolute atomic E-state index is 0.333. The third kappa shape index (κ3) is 3.34. The molecule has 2 nitrogen and oxygen atoms in total. The molecule has 0 spiro atoms. The molecule has 2 rings (SSSR count). The molecule has 0 saturated heterocycles. The fourth-order valence-electron chi connectivity index (χ4n) is 3.13. The molecule has 18 heavy (non-hydrogen) atoms. The number of hydrogen-bond acceptors (Lipinski definition) is 1. The molecule has 2 heteroatoms. The van der Waals surface area contributed by atoms with E-state index >= 15 is 0 Å². The average Bonchev–Trinajstić information content (AvgIpc) is 2.38. The van der Waals surface area contributed by atoms with Crippen molar-refractivity contribution in [3.8, 4) is 0 Å². The summed E-state index contributed by atoms with van der Waals surface area (Å²) in [4.78, 5) is 10.6. The van der Waals surface area contributed by atoms with E-state index in [0.717, 1.165) is 6.42 Å². The summed E-state index contributed by atoms with van der Waals surface area (Å²) in [5.41, 5.74) is 2.89. The van der Waals surface area contributed by atoms with Crippen LogP contribution in [0, 0.1) is 12.8 Å². The van der Waals surface area contributed by atoms with Gasteiger partial charge < -0.3 is 5.11 Å². The Morgan fingerprint density at radius 2 is 1.89 bits per heavy atom. The van der Waals surface area contributed by atoms with Crippen LogP contribution in [-0.2, 0) is 4.79 Å². The predicted octanol–water partition coefficient (Wildman–Crippen LogP) is 4.13. The lowest BCUT2D eigenvalue weighted by Crippen LogP contribution is -2.15. The molecule has 0 bridgehead atoms. The number of carboxylic acid groups (broad SMARTS) is 1. The van der Waals surface area contributed by atoms with Gasteiger partial charge in [-0.25, -0.2) is 0 Å². The lowest BCUT2D eigenvalue weighted by molar-refractivity contribution is -0.137. The van der Waals surface area contributed by atoms with E-state index in [2.05, 4.69) is 31.2 Å². The van der Waals surface area contributed by atoms with Crippen LogP contribution < -0.4 is 0 Å². The van der Waals surface area contributed by atoms with Gasteiger partial charge in [0, 0.05) is 6.42 Å². The summed E-state index contributed by atoms with van der Waals surface area (Å²) in [6.45, 7) is 2.19. The second-order valence-electron chi connectivity index (χ2n) is 5.51. The molecule has 1 saturated carbocycles. The van der Waals surface area contributed by atoms with E-state index < -0.39 is 5.97 Å². The zero-order valence-electron chi connectivity index (χ0n) is 11.1. The number of rotatable bonds is 4. The van der Waals surface area contributed by atoms with E-state index in [1.807, 2.05) is 0 Å². The standard InChI is InChI=1S/C16H22O2/c1-12-4-2-3-5-15(12)14-9-6-13(7-10-14)8-11-16(17)18/h2-5,13-14H,6-11H2,1H3,(H,17,18). The Morgan fingerprint density at radius 3 is 2.50 bits per heavy atom. The van der Waals surface area contributed by atoms with Crippen molar-refractivity contribution in [2.24, 2.45) is 5.92 Å². The van der Waals surface area contributed by atoms with Gasteiger partial charge in [-0.2, -0.15) is 0 Å². The van der Waals surface area contributed by atoms with Crippen molar-refractivity contribution in [1.29, 1.82) is 0 Å². The van der Waals surface area contributed by atoms with Gasteiger partial charge in [0.15, 0.2) is 0 Å². The highest BCUT2D eigenvalue weighted by atomic mass is 16.4. The quantitative estimate of drug-likeness (QED) is 0.867. The summed E-state index contributed by atoms with van der Waals surface area (Å²) in [5.74, 6) is 0.657. The van der Waals surface area contributed by atoms with Crippen LogP contribution in [0.1, 0.15) is 55.6 Å². The first-order valence-corrected chi connectivity index (χ1v) is 6.94. The first-order valence-electron chi connectivity index (χ1n) is 6.94. The van der Waals surface area contributed by atoms with Crippen LogP contribution in [0.4, 0.5) is 0 Å². The second kappa shape index (κ2) is 6.03. The zero-order valence-corrected chi connectivity index (χ0v) is 11.1. The van der Waals surface area contributed by atoms with Crippen LogP contribution in [0.5, 0.6) is 0 Å². The molecular formula is C16H22O2. The lowest BCUT2D eigenvalue weighted by Gasteiger charge is -2.29. The van der Waals surface area contributed by atoms with Crippen molar-refractivity contribution in [3.63, 3.8) is 0 Å². The number of aliphatic carboxylic acids is 1. The maximum absolute atomic E-state index is 10.6.